The molecule has 0 fully saturated rings. The summed E-state index contributed by atoms with van der Waals surface area (Å²) in [5, 5.41) is 0. The Labute approximate surface area is 99.2 Å². The molecular formula is C12H13Zr-. The van der Waals surface area contributed by atoms with Gasteiger partial charge < -0.3 is 6.92 Å². The molecule has 0 aromatic carbocycles. The third-order valence-corrected chi connectivity index (χ3v) is 2.54. The summed E-state index contributed by atoms with van der Waals surface area (Å²) < 4.78 is 0. The van der Waals surface area contributed by atoms with Crippen molar-refractivity contribution in [2.24, 2.45) is 17.8 Å². The maximum atomic E-state index is 4.20. The van der Waals surface area contributed by atoms with E-state index in [4.69, 9.17) is 0 Å². The van der Waals surface area contributed by atoms with Crippen LogP contribution >= 0.6 is 0 Å². The Kier molecular flexibility index (Phi) is 4.12. The Bertz CT molecular complexity index is 219. The van der Waals surface area contributed by atoms with Crippen molar-refractivity contribution in [1.29, 1.82) is 0 Å². The topological polar surface area (TPSA) is 0 Å². The second-order valence-electron chi connectivity index (χ2n) is 3.36. The van der Waals surface area contributed by atoms with Gasteiger partial charge in [-0.15, -0.1) is 5.92 Å². The molecule has 0 aromatic rings. The fraction of sp³-hybridized carbons (Fsp3) is 0.250. The third-order valence-electron chi connectivity index (χ3n) is 2.54. The Hall–Kier alpha value is -0.157. The average Bonchev–Trinajstić information content (AvgIpc) is 2.77. The number of hydrogen-bond donors (Lipinski definition) is 0. The van der Waals surface area contributed by atoms with Crippen LogP contribution in [0, 0.1) is 24.7 Å². The second-order valence-corrected chi connectivity index (χ2v) is 3.36. The number of allylic oxidation sites excluding steroid dienone is 8. The summed E-state index contributed by atoms with van der Waals surface area (Å²) in [5.41, 5.74) is 0. The summed E-state index contributed by atoms with van der Waals surface area (Å²) >= 11 is 0. The molecule has 13 heavy (non-hydrogen) atoms. The van der Waals surface area contributed by atoms with Crippen molar-refractivity contribution in [3.05, 3.63) is 55.5 Å². The number of hydrogen-bond acceptors (Lipinski definition) is 0. The van der Waals surface area contributed by atoms with Crippen molar-refractivity contribution in [2.75, 3.05) is 0 Å². The van der Waals surface area contributed by atoms with E-state index in [0.717, 1.165) is 0 Å². The molecule has 0 amide bonds. The zero-order valence-corrected chi connectivity index (χ0v) is 10.0. The Morgan fingerprint density at radius 1 is 0.769 bits per heavy atom. The smallest absolute Gasteiger partial charge is 0 e. The molecule has 0 bridgehead atoms. The first-order valence-electron chi connectivity index (χ1n) is 4.41. The molecule has 0 nitrogen and oxygen atoms in total. The molecule has 66 valence electrons. The minimum Gasteiger partial charge on any atom is -0.339 e. The summed E-state index contributed by atoms with van der Waals surface area (Å²) in [7, 11) is 0. The molecule has 2 aliphatic rings. The molecule has 0 radical (unpaired) electrons. The van der Waals surface area contributed by atoms with Crippen molar-refractivity contribution in [1.82, 2.24) is 0 Å². The van der Waals surface area contributed by atoms with E-state index in [1.807, 2.05) is 0 Å². The SMILES string of the molecule is [CH2-]C(C1C=CC=C1)C1C=CC=C1.[Zr]. The van der Waals surface area contributed by atoms with Crippen LogP contribution in [0.3, 0.4) is 0 Å². The molecule has 0 saturated carbocycles. The van der Waals surface area contributed by atoms with Crippen LogP contribution in [0.15, 0.2) is 48.6 Å². The Balaban J connectivity index is 0.000000845. The van der Waals surface area contributed by atoms with Gasteiger partial charge in [0.1, 0.15) is 0 Å². The van der Waals surface area contributed by atoms with Gasteiger partial charge in [0, 0.05) is 26.2 Å². The fourth-order valence-corrected chi connectivity index (χ4v) is 1.73. The van der Waals surface area contributed by atoms with Gasteiger partial charge in [-0.2, -0.15) is 0 Å². The summed E-state index contributed by atoms with van der Waals surface area (Å²) in [5.74, 6) is 1.51. The fourth-order valence-electron chi connectivity index (χ4n) is 1.73. The molecule has 2 aliphatic carbocycles. The van der Waals surface area contributed by atoms with Crippen LogP contribution in [0.2, 0.25) is 0 Å². The second kappa shape index (κ2) is 4.91. The zero-order chi connectivity index (χ0) is 8.39. The van der Waals surface area contributed by atoms with Crippen LogP contribution in [0.1, 0.15) is 0 Å². The molecular weight excluding hydrogens is 235 g/mol. The van der Waals surface area contributed by atoms with Gasteiger partial charge in [0.25, 0.3) is 0 Å². The van der Waals surface area contributed by atoms with Gasteiger partial charge in [-0.25, -0.2) is 0 Å². The Morgan fingerprint density at radius 2 is 1.08 bits per heavy atom. The van der Waals surface area contributed by atoms with Crippen LogP contribution in [0.5, 0.6) is 0 Å². The molecule has 0 aliphatic heterocycles. The quantitative estimate of drug-likeness (QED) is 0.659. The maximum Gasteiger partial charge on any atom is 0 e. The van der Waals surface area contributed by atoms with Gasteiger partial charge in [0.15, 0.2) is 0 Å². The van der Waals surface area contributed by atoms with Gasteiger partial charge in [0.05, 0.1) is 0 Å². The van der Waals surface area contributed by atoms with Gasteiger partial charge in [-0.3, -0.25) is 0 Å². The van der Waals surface area contributed by atoms with Crippen molar-refractivity contribution in [3.8, 4) is 0 Å². The van der Waals surface area contributed by atoms with Gasteiger partial charge in [0.2, 0.25) is 0 Å². The van der Waals surface area contributed by atoms with Gasteiger partial charge in [-0.05, 0) is 11.8 Å². The molecule has 0 saturated heterocycles. The molecule has 0 unspecified atom stereocenters. The van der Waals surface area contributed by atoms with E-state index in [0.29, 0.717) is 17.8 Å². The first-order chi connectivity index (χ1) is 5.88. The van der Waals surface area contributed by atoms with Crippen molar-refractivity contribution < 1.29 is 26.2 Å². The Morgan fingerprint density at radius 3 is 1.38 bits per heavy atom. The van der Waals surface area contributed by atoms with E-state index in [-0.39, 0.29) is 26.2 Å². The van der Waals surface area contributed by atoms with Crippen LogP contribution in [-0.4, -0.2) is 0 Å². The molecule has 0 N–H and O–H groups in total. The monoisotopic (exact) mass is 247 g/mol. The predicted octanol–water partition coefficient (Wildman–Crippen LogP) is 2.92. The van der Waals surface area contributed by atoms with E-state index in [2.05, 4.69) is 55.5 Å². The third kappa shape index (κ3) is 2.40. The van der Waals surface area contributed by atoms with Crippen LogP contribution in [0.4, 0.5) is 0 Å². The van der Waals surface area contributed by atoms with Crippen molar-refractivity contribution >= 4 is 0 Å². The largest absolute Gasteiger partial charge is 0.339 e. The van der Waals surface area contributed by atoms with E-state index in [1.165, 1.54) is 0 Å². The summed E-state index contributed by atoms with van der Waals surface area (Å²) in [6.07, 6.45) is 17.3. The van der Waals surface area contributed by atoms with Crippen molar-refractivity contribution in [2.45, 2.75) is 0 Å². The molecule has 2 rings (SSSR count). The average molecular weight is 248 g/mol. The van der Waals surface area contributed by atoms with E-state index >= 15 is 0 Å². The maximum absolute atomic E-state index is 4.20. The van der Waals surface area contributed by atoms with Crippen LogP contribution in [0.25, 0.3) is 0 Å². The minimum atomic E-state index is 0. The number of rotatable bonds is 2. The first kappa shape index (κ1) is 10.9. The molecule has 0 aromatic heterocycles. The molecule has 1 heteroatoms. The summed E-state index contributed by atoms with van der Waals surface area (Å²) in [6.45, 7) is 4.20. The van der Waals surface area contributed by atoms with Crippen molar-refractivity contribution in [3.63, 3.8) is 0 Å². The van der Waals surface area contributed by atoms with Gasteiger partial charge in [-0.1, -0.05) is 48.6 Å². The summed E-state index contributed by atoms with van der Waals surface area (Å²) in [6, 6.07) is 0. The minimum absolute atomic E-state index is 0. The van der Waals surface area contributed by atoms with Gasteiger partial charge >= 0.3 is 0 Å². The van der Waals surface area contributed by atoms with E-state index < -0.39 is 0 Å². The summed E-state index contributed by atoms with van der Waals surface area (Å²) in [4.78, 5) is 0. The molecule has 0 heterocycles. The molecule has 0 spiro atoms. The standard InChI is InChI=1S/C12H13.Zr/c1-10(11-6-2-3-7-11)12-8-4-5-9-12;/h2-12H,1H2;/q-1;. The van der Waals surface area contributed by atoms with E-state index in [9.17, 15) is 0 Å². The van der Waals surface area contributed by atoms with Crippen LogP contribution in [-0.2, 0) is 26.2 Å². The predicted molar refractivity (Wildman–Crippen MR) is 52.4 cm³/mol. The first-order valence-corrected chi connectivity index (χ1v) is 4.41. The molecule has 0 atom stereocenters. The normalized spacial score (nSPS) is 20.5. The van der Waals surface area contributed by atoms with E-state index in [1.54, 1.807) is 0 Å². The zero-order valence-electron chi connectivity index (χ0n) is 7.56. The van der Waals surface area contributed by atoms with Crippen LogP contribution < -0.4 is 0 Å².